The Hall–Kier alpha value is -3.44. The maximum Gasteiger partial charge on any atom is 0.267 e. The second kappa shape index (κ2) is 10.5. The number of carbonyl (C=O) groups excluding carboxylic acids is 2. The van der Waals surface area contributed by atoms with Crippen molar-refractivity contribution in [1.82, 2.24) is 15.5 Å². The number of benzene rings is 3. The first-order chi connectivity index (χ1) is 14.9. The third-order valence-corrected chi connectivity index (χ3v) is 5.00. The van der Waals surface area contributed by atoms with Crippen LogP contribution in [0.1, 0.15) is 27.9 Å². The highest BCUT2D eigenvalue weighted by atomic mass is 16.2. The SMILES string of the molecule is Cc1ccc(C(=O)N/C(=C\c2cccc3ccccc23)C(=O)NCCCN(C)C)cc1. The largest absolute Gasteiger partial charge is 0.351 e. The fraction of sp³-hybridized carbons (Fsp3) is 0.231. The molecule has 5 nitrogen and oxygen atoms in total. The van der Waals surface area contributed by atoms with Crippen LogP contribution in [0, 0.1) is 6.92 Å². The lowest BCUT2D eigenvalue weighted by Crippen LogP contribution is -2.36. The van der Waals surface area contributed by atoms with Gasteiger partial charge in [0.2, 0.25) is 0 Å². The van der Waals surface area contributed by atoms with Crippen molar-refractivity contribution >= 4 is 28.7 Å². The van der Waals surface area contributed by atoms with Gasteiger partial charge in [-0.3, -0.25) is 9.59 Å². The molecule has 5 heteroatoms. The van der Waals surface area contributed by atoms with Crippen LogP contribution in [0.5, 0.6) is 0 Å². The average Bonchev–Trinajstić information content (AvgIpc) is 2.76. The molecule has 0 aliphatic carbocycles. The van der Waals surface area contributed by atoms with Gasteiger partial charge in [0.05, 0.1) is 0 Å². The summed E-state index contributed by atoms with van der Waals surface area (Å²) in [4.78, 5) is 27.8. The fourth-order valence-corrected chi connectivity index (χ4v) is 3.28. The number of carbonyl (C=O) groups is 2. The molecule has 0 radical (unpaired) electrons. The van der Waals surface area contributed by atoms with Gasteiger partial charge in [-0.25, -0.2) is 0 Å². The summed E-state index contributed by atoms with van der Waals surface area (Å²) in [6, 6.07) is 21.2. The summed E-state index contributed by atoms with van der Waals surface area (Å²) < 4.78 is 0. The normalized spacial score (nSPS) is 11.5. The van der Waals surface area contributed by atoms with E-state index in [1.807, 2.05) is 75.6 Å². The Labute approximate surface area is 183 Å². The van der Waals surface area contributed by atoms with E-state index in [4.69, 9.17) is 0 Å². The molecule has 31 heavy (non-hydrogen) atoms. The smallest absolute Gasteiger partial charge is 0.267 e. The zero-order valence-corrected chi connectivity index (χ0v) is 18.3. The van der Waals surface area contributed by atoms with Crippen molar-refractivity contribution < 1.29 is 9.59 Å². The molecule has 2 amide bonds. The second-order valence-electron chi connectivity index (χ2n) is 7.86. The third kappa shape index (κ3) is 6.27. The van der Waals surface area contributed by atoms with Crippen molar-refractivity contribution in [3.63, 3.8) is 0 Å². The number of fused-ring (bicyclic) bond motifs is 1. The number of hydrogen-bond acceptors (Lipinski definition) is 3. The number of amides is 2. The van der Waals surface area contributed by atoms with Crippen molar-refractivity contribution in [3.05, 3.63) is 89.1 Å². The van der Waals surface area contributed by atoms with Gasteiger partial charge < -0.3 is 15.5 Å². The molecule has 3 aromatic rings. The van der Waals surface area contributed by atoms with Gasteiger partial charge in [0.1, 0.15) is 5.70 Å². The minimum absolute atomic E-state index is 0.229. The van der Waals surface area contributed by atoms with Gasteiger partial charge in [0.15, 0.2) is 0 Å². The predicted octanol–water partition coefficient (Wildman–Crippen LogP) is 3.99. The lowest BCUT2D eigenvalue weighted by atomic mass is 10.0. The van der Waals surface area contributed by atoms with E-state index in [0.717, 1.165) is 34.9 Å². The summed E-state index contributed by atoms with van der Waals surface area (Å²) in [6.07, 6.45) is 2.57. The van der Waals surface area contributed by atoms with Crippen LogP contribution in [0.25, 0.3) is 16.8 Å². The molecule has 3 aromatic carbocycles. The molecule has 0 saturated carbocycles. The van der Waals surface area contributed by atoms with Crippen molar-refractivity contribution in [2.45, 2.75) is 13.3 Å². The summed E-state index contributed by atoms with van der Waals surface area (Å²) in [5.41, 5.74) is 2.68. The van der Waals surface area contributed by atoms with Crippen molar-refractivity contribution in [1.29, 1.82) is 0 Å². The van der Waals surface area contributed by atoms with E-state index in [-0.39, 0.29) is 17.5 Å². The molecule has 0 spiro atoms. The molecule has 0 bridgehead atoms. The van der Waals surface area contributed by atoms with Gasteiger partial charge in [0.25, 0.3) is 11.8 Å². The maximum atomic E-state index is 12.9. The van der Waals surface area contributed by atoms with Crippen LogP contribution in [0.2, 0.25) is 0 Å². The first-order valence-electron chi connectivity index (χ1n) is 10.4. The Morgan fingerprint density at radius 2 is 1.65 bits per heavy atom. The average molecular weight is 416 g/mol. The van der Waals surface area contributed by atoms with Gasteiger partial charge in [-0.15, -0.1) is 0 Å². The lowest BCUT2D eigenvalue weighted by Gasteiger charge is -2.13. The molecule has 0 saturated heterocycles. The highest BCUT2D eigenvalue weighted by Crippen LogP contribution is 2.20. The summed E-state index contributed by atoms with van der Waals surface area (Å²) in [5, 5.41) is 7.84. The van der Waals surface area contributed by atoms with Crippen LogP contribution < -0.4 is 10.6 Å². The van der Waals surface area contributed by atoms with Gasteiger partial charge in [-0.1, -0.05) is 60.2 Å². The number of nitrogens with zero attached hydrogens (tertiary/aromatic N) is 1. The third-order valence-electron chi connectivity index (χ3n) is 5.00. The zero-order valence-electron chi connectivity index (χ0n) is 18.3. The molecular weight excluding hydrogens is 386 g/mol. The van der Waals surface area contributed by atoms with Crippen molar-refractivity contribution in [2.75, 3.05) is 27.2 Å². The molecule has 0 aromatic heterocycles. The first-order valence-corrected chi connectivity index (χ1v) is 10.4. The van der Waals surface area contributed by atoms with Crippen LogP contribution in [0.3, 0.4) is 0 Å². The van der Waals surface area contributed by atoms with Crippen LogP contribution >= 0.6 is 0 Å². The second-order valence-corrected chi connectivity index (χ2v) is 7.86. The standard InChI is InChI=1S/C26H29N3O2/c1-19-12-14-21(15-13-19)25(30)28-24(26(31)27-16-7-17-29(2)3)18-22-10-6-9-20-8-4-5-11-23(20)22/h4-6,8-15,18H,7,16-17H2,1-3H3,(H,27,31)(H,28,30)/b24-18-. The monoisotopic (exact) mass is 415 g/mol. The molecule has 0 unspecified atom stereocenters. The molecule has 0 atom stereocenters. The fourth-order valence-electron chi connectivity index (χ4n) is 3.28. The molecule has 0 aliphatic rings. The predicted molar refractivity (Wildman–Crippen MR) is 127 cm³/mol. The van der Waals surface area contributed by atoms with Gasteiger partial charge in [-0.2, -0.15) is 0 Å². The summed E-state index contributed by atoms with van der Waals surface area (Å²) in [5.74, 6) is -0.609. The van der Waals surface area contributed by atoms with E-state index in [0.29, 0.717) is 12.1 Å². The molecule has 3 rings (SSSR count). The van der Waals surface area contributed by atoms with Crippen LogP contribution in [0.4, 0.5) is 0 Å². The Morgan fingerprint density at radius 1 is 0.935 bits per heavy atom. The number of nitrogens with one attached hydrogen (secondary N) is 2. The van der Waals surface area contributed by atoms with E-state index < -0.39 is 0 Å². The van der Waals surface area contributed by atoms with E-state index in [2.05, 4.69) is 15.5 Å². The number of hydrogen-bond donors (Lipinski definition) is 2. The van der Waals surface area contributed by atoms with Crippen LogP contribution in [-0.4, -0.2) is 43.9 Å². The highest BCUT2D eigenvalue weighted by Gasteiger charge is 2.15. The molecule has 0 aliphatic heterocycles. The van der Waals surface area contributed by atoms with Gasteiger partial charge in [0, 0.05) is 12.1 Å². The van der Waals surface area contributed by atoms with Crippen LogP contribution in [0.15, 0.2) is 72.4 Å². The number of rotatable bonds is 8. The molecule has 0 heterocycles. The summed E-state index contributed by atoms with van der Waals surface area (Å²) in [7, 11) is 3.99. The minimum Gasteiger partial charge on any atom is -0.351 e. The Balaban J connectivity index is 1.87. The summed E-state index contributed by atoms with van der Waals surface area (Å²) in [6.45, 7) is 3.37. The van der Waals surface area contributed by atoms with E-state index >= 15 is 0 Å². The number of aryl methyl sites for hydroxylation is 1. The van der Waals surface area contributed by atoms with Crippen LogP contribution in [-0.2, 0) is 4.79 Å². The first kappa shape index (κ1) is 22.2. The maximum absolute atomic E-state index is 12.9. The zero-order chi connectivity index (χ0) is 22.2. The topological polar surface area (TPSA) is 61.4 Å². The lowest BCUT2D eigenvalue weighted by molar-refractivity contribution is -0.117. The van der Waals surface area contributed by atoms with Gasteiger partial charge in [-0.05, 0) is 68.5 Å². The minimum atomic E-state index is -0.310. The van der Waals surface area contributed by atoms with E-state index in [1.165, 1.54) is 0 Å². The Morgan fingerprint density at radius 3 is 2.39 bits per heavy atom. The quantitative estimate of drug-likeness (QED) is 0.432. The molecular formula is C26H29N3O2. The van der Waals surface area contributed by atoms with Crippen molar-refractivity contribution in [3.8, 4) is 0 Å². The van der Waals surface area contributed by atoms with E-state index in [9.17, 15) is 9.59 Å². The van der Waals surface area contributed by atoms with Crippen molar-refractivity contribution in [2.24, 2.45) is 0 Å². The Kier molecular flexibility index (Phi) is 7.57. The molecule has 160 valence electrons. The Bertz CT molecular complexity index is 1080. The summed E-state index contributed by atoms with van der Waals surface area (Å²) >= 11 is 0. The highest BCUT2D eigenvalue weighted by molar-refractivity contribution is 6.06. The van der Waals surface area contributed by atoms with E-state index in [1.54, 1.807) is 18.2 Å². The molecule has 0 fully saturated rings. The molecule has 2 N–H and O–H groups in total. The van der Waals surface area contributed by atoms with Gasteiger partial charge >= 0.3 is 0 Å².